The molecule has 4 rings (SSSR count). The molecule has 0 saturated carbocycles. The minimum absolute atomic E-state index is 0.105. The Morgan fingerprint density at radius 1 is 0.897 bits per heavy atom. The fourth-order valence-corrected chi connectivity index (χ4v) is 4.93. The summed E-state index contributed by atoms with van der Waals surface area (Å²) in [6.45, 7) is 5.12. The maximum atomic E-state index is 14.6. The Labute approximate surface area is 224 Å². The highest BCUT2D eigenvalue weighted by atomic mass is 19.4. The van der Waals surface area contributed by atoms with Crippen LogP contribution in [0.4, 0.5) is 22.0 Å². The fraction of sp³-hybridized carbons (Fsp3) is 0.333. The Morgan fingerprint density at radius 3 is 1.95 bits per heavy atom. The summed E-state index contributed by atoms with van der Waals surface area (Å²) >= 11 is 0. The molecule has 1 heterocycles. The number of alkyl halides is 3. The highest BCUT2D eigenvalue weighted by Crippen LogP contribution is 2.39. The van der Waals surface area contributed by atoms with Gasteiger partial charge in [-0.2, -0.15) is 0 Å². The van der Waals surface area contributed by atoms with Gasteiger partial charge in [-0.3, -0.25) is 9.79 Å². The second-order valence-electron chi connectivity index (χ2n) is 9.45. The van der Waals surface area contributed by atoms with E-state index >= 15 is 0 Å². The Hall–Kier alpha value is -3.75. The summed E-state index contributed by atoms with van der Waals surface area (Å²) in [5, 5.41) is 0. The van der Waals surface area contributed by atoms with Crippen LogP contribution in [0.3, 0.4) is 0 Å². The molecule has 1 aliphatic rings. The number of halogens is 5. The molecule has 1 amide bonds. The molecule has 0 fully saturated rings. The van der Waals surface area contributed by atoms with Crippen LogP contribution in [0.1, 0.15) is 50.3 Å². The largest absolute Gasteiger partial charge is 0.573 e. The van der Waals surface area contributed by atoms with Crippen LogP contribution in [0.5, 0.6) is 5.75 Å². The maximum Gasteiger partial charge on any atom is 0.573 e. The molecular weight excluding hydrogens is 515 g/mol. The van der Waals surface area contributed by atoms with E-state index in [1.54, 1.807) is 29.2 Å². The number of rotatable bonds is 9. The first-order valence-electron chi connectivity index (χ1n) is 12.9. The summed E-state index contributed by atoms with van der Waals surface area (Å²) in [4.78, 5) is 20.1. The zero-order chi connectivity index (χ0) is 28.2. The lowest BCUT2D eigenvalue weighted by Crippen LogP contribution is -2.38. The number of carbonyl (C=O) groups is 1. The van der Waals surface area contributed by atoms with Gasteiger partial charge in [0.1, 0.15) is 17.4 Å². The van der Waals surface area contributed by atoms with E-state index in [4.69, 9.17) is 0 Å². The zero-order valence-corrected chi connectivity index (χ0v) is 21.6. The van der Waals surface area contributed by atoms with E-state index in [-0.39, 0.29) is 29.4 Å². The number of hydrogen-bond donors (Lipinski definition) is 0. The number of nitrogens with zero attached hydrogens (tertiary/aromatic N) is 2. The van der Waals surface area contributed by atoms with E-state index in [0.717, 1.165) is 18.4 Å². The molecule has 39 heavy (non-hydrogen) atoms. The van der Waals surface area contributed by atoms with Crippen molar-refractivity contribution in [1.29, 1.82) is 0 Å². The third-order valence-corrected chi connectivity index (χ3v) is 6.63. The molecule has 9 heteroatoms. The molecule has 0 aromatic heterocycles. The number of aliphatic imine (C=N–C) groups is 1. The van der Waals surface area contributed by atoms with Gasteiger partial charge in [0, 0.05) is 25.2 Å². The number of hydrogen-bond acceptors (Lipinski definition) is 3. The van der Waals surface area contributed by atoms with E-state index in [2.05, 4.69) is 9.73 Å². The number of amides is 1. The van der Waals surface area contributed by atoms with Crippen LogP contribution in [0, 0.1) is 17.6 Å². The molecule has 0 radical (unpaired) electrons. The third-order valence-electron chi connectivity index (χ3n) is 6.63. The summed E-state index contributed by atoms with van der Waals surface area (Å²) < 4.78 is 70.6. The van der Waals surface area contributed by atoms with Crippen molar-refractivity contribution in [3.8, 4) is 16.9 Å². The lowest BCUT2D eigenvalue weighted by atomic mass is 9.89. The van der Waals surface area contributed by atoms with Gasteiger partial charge in [0.05, 0.1) is 17.5 Å². The van der Waals surface area contributed by atoms with Gasteiger partial charge in [0.15, 0.2) is 0 Å². The second-order valence-corrected chi connectivity index (χ2v) is 9.45. The van der Waals surface area contributed by atoms with Crippen LogP contribution in [0.25, 0.3) is 11.1 Å². The predicted molar refractivity (Wildman–Crippen MR) is 139 cm³/mol. The Morgan fingerprint density at radius 2 is 1.44 bits per heavy atom. The molecule has 0 aliphatic carbocycles. The standard InChI is InChI=1S/C30H29F5N2O2/c1-3-16-37(17-4-2)29(38)23-18-26(27-24(31)6-5-7-25(27)32)36-28(23)21-10-8-19(9-11-21)20-12-14-22(15-13-20)39-30(33,34)35/h5-15,23,28H,3-4,16-18H2,1-2H3/t23-,28?/m0/s1. The van der Waals surface area contributed by atoms with Crippen molar-refractivity contribution in [1.82, 2.24) is 4.90 Å². The van der Waals surface area contributed by atoms with E-state index in [0.29, 0.717) is 24.2 Å². The topological polar surface area (TPSA) is 41.9 Å². The van der Waals surface area contributed by atoms with Gasteiger partial charge in [-0.25, -0.2) is 8.78 Å². The summed E-state index contributed by atoms with van der Waals surface area (Å²) in [5.74, 6) is -2.51. The van der Waals surface area contributed by atoms with E-state index in [9.17, 15) is 26.7 Å². The van der Waals surface area contributed by atoms with Crippen LogP contribution < -0.4 is 4.74 Å². The normalized spacial score (nSPS) is 17.2. The van der Waals surface area contributed by atoms with Crippen molar-refractivity contribution in [2.75, 3.05) is 13.1 Å². The van der Waals surface area contributed by atoms with Crippen LogP contribution in [0.15, 0.2) is 71.7 Å². The van der Waals surface area contributed by atoms with E-state index in [1.807, 2.05) is 13.8 Å². The monoisotopic (exact) mass is 544 g/mol. The van der Waals surface area contributed by atoms with E-state index in [1.165, 1.54) is 42.5 Å². The summed E-state index contributed by atoms with van der Waals surface area (Å²) in [6, 6.07) is 15.6. The summed E-state index contributed by atoms with van der Waals surface area (Å²) in [6.07, 6.45) is -3.11. The summed E-state index contributed by atoms with van der Waals surface area (Å²) in [5.41, 5.74) is 2.11. The molecule has 3 aromatic carbocycles. The molecule has 0 spiro atoms. The average Bonchev–Trinajstić information content (AvgIpc) is 3.32. The molecule has 4 nitrogen and oxygen atoms in total. The van der Waals surface area contributed by atoms with Gasteiger partial charge in [-0.15, -0.1) is 13.2 Å². The lowest BCUT2D eigenvalue weighted by molar-refractivity contribution is -0.274. The first-order valence-corrected chi connectivity index (χ1v) is 12.9. The second kappa shape index (κ2) is 12.0. The van der Waals surface area contributed by atoms with Crippen molar-refractivity contribution >= 4 is 11.6 Å². The lowest BCUT2D eigenvalue weighted by Gasteiger charge is -2.27. The highest BCUT2D eigenvalue weighted by Gasteiger charge is 2.39. The molecule has 2 atom stereocenters. The van der Waals surface area contributed by atoms with Gasteiger partial charge >= 0.3 is 6.36 Å². The van der Waals surface area contributed by atoms with Crippen molar-refractivity contribution in [3.63, 3.8) is 0 Å². The minimum Gasteiger partial charge on any atom is -0.406 e. The molecule has 1 unspecified atom stereocenters. The first kappa shape index (κ1) is 28.3. The minimum atomic E-state index is -4.77. The number of ether oxygens (including phenoxy) is 1. The Kier molecular flexibility index (Phi) is 8.67. The molecule has 1 aliphatic heterocycles. The smallest absolute Gasteiger partial charge is 0.406 e. The van der Waals surface area contributed by atoms with Crippen molar-refractivity contribution in [2.45, 2.75) is 45.5 Å². The van der Waals surface area contributed by atoms with Crippen LogP contribution in [0.2, 0.25) is 0 Å². The third kappa shape index (κ3) is 6.64. The first-order chi connectivity index (χ1) is 18.6. The zero-order valence-electron chi connectivity index (χ0n) is 21.6. The van der Waals surface area contributed by atoms with E-state index < -0.39 is 30.0 Å². The maximum absolute atomic E-state index is 14.6. The van der Waals surface area contributed by atoms with Crippen molar-refractivity contribution in [3.05, 3.63) is 89.5 Å². The SMILES string of the molecule is CCCN(CCC)C(=O)[C@H]1CC(c2c(F)cccc2F)=NC1c1ccc(-c2ccc(OC(F)(F)F)cc2)cc1. The van der Waals surface area contributed by atoms with Gasteiger partial charge < -0.3 is 9.64 Å². The van der Waals surface area contributed by atoms with Gasteiger partial charge in [-0.05, 0) is 53.8 Å². The summed E-state index contributed by atoms with van der Waals surface area (Å²) in [7, 11) is 0. The molecule has 0 bridgehead atoms. The molecular formula is C30H29F5N2O2. The highest BCUT2D eigenvalue weighted by molar-refractivity contribution is 6.05. The number of benzene rings is 3. The van der Waals surface area contributed by atoms with Crippen LogP contribution in [-0.2, 0) is 4.79 Å². The Balaban J connectivity index is 1.65. The van der Waals surface area contributed by atoms with Crippen LogP contribution >= 0.6 is 0 Å². The molecule has 206 valence electrons. The van der Waals surface area contributed by atoms with Crippen LogP contribution in [-0.4, -0.2) is 36.0 Å². The molecule has 3 aromatic rings. The quantitative estimate of drug-likeness (QED) is 0.259. The Bertz CT molecular complexity index is 1290. The van der Waals surface area contributed by atoms with Gasteiger partial charge in [0.2, 0.25) is 5.91 Å². The average molecular weight is 545 g/mol. The van der Waals surface area contributed by atoms with Gasteiger partial charge in [-0.1, -0.05) is 56.3 Å². The molecule has 0 saturated heterocycles. The number of carbonyl (C=O) groups excluding carboxylic acids is 1. The predicted octanol–water partition coefficient (Wildman–Crippen LogP) is 7.73. The van der Waals surface area contributed by atoms with Crippen molar-refractivity contribution in [2.24, 2.45) is 10.9 Å². The molecule has 0 N–H and O–H groups in total. The fourth-order valence-electron chi connectivity index (χ4n) is 4.93. The van der Waals surface area contributed by atoms with Crippen molar-refractivity contribution < 1.29 is 31.5 Å². The van der Waals surface area contributed by atoms with Gasteiger partial charge in [0.25, 0.3) is 0 Å².